The highest BCUT2D eigenvalue weighted by Crippen LogP contribution is 2.28. The topological polar surface area (TPSA) is 67.8 Å². The molecule has 0 saturated heterocycles. The van der Waals surface area contributed by atoms with Crippen LogP contribution in [0, 0.1) is 0 Å². The van der Waals surface area contributed by atoms with E-state index in [-0.39, 0.29) is 22.0 Å². The van der Waals surface area contributed by atoms with E-state index >= 15 is 0 Å². The molecule has 0 aromatic heterocycles. The molecule has 0 saturated carbocycles. The van der Waals surface area contributed by atoms with Crippen molar-refractivity contribution < 1.29 is 26.4 Å². The van der Waals surface area contributed by atoms with Crippen molar-refractivity contribution in [2.45, 2.75) is 12.4 Å². The first kappa shape index (κ1) is 16.6. The number of oxime groups is 1. The molecule has 0 amide bonds. The highest BCUT2D eigenvalue weighted by atomic mass is 35.5. The van der Waals surface area contributed by atoms with E-state index in [4.69, 9.17) is 11.6 Å². The first-order valence-corrected chi connectivity index (χ1v) is 6.91. The smallest absolute Gasteiger partial charge is 0.399 e. The Hall–Kier alpha value is -1.48. The van der Waals surface area contributed by atoms with Gasteiger partial charge in [0.1, 0.15) is 7.11 Å². The summed E-state index contributed by atoms with van der Waals surface area (Å²) in [5.41, 5.74) is -5.48. The Morgan fingerprint density at radius 1 is 1.40 bits per heavy atom. The minimum Gasteiger partial charge on any atom is -0.399 e. The Labute approximate surface area is 118 Å². The van der Waals surface area contributed by atoms with Crippen LogP contribution in [-0.4, -0.2) is 26.7 Å². The van der Waals surface area contributed by atoms with Gasteiger partial charge in [-0.2, -0.15) is 21.6 Å². The molecular formula is C10H10ClF3N2O3S. The molecule has 0 spiro atoms. The molecule has 0 unspecified atom stereocenters. The molecular weight excluding hydrogens is 321 g/mol. The fourth-order valence-corrected chi connectivity index (χ4v) is 2.05. The standard InChI is InChI=1S/C10H10ClF3N2O3S/c1-6(15-19-2)8-5-7(11)3-4-9(8)16-20(17,18)10(12,13)14/h3-5,16H,1-2H3. The van der Waals surface area contributed by atoms with Crippen molar-refractivity contribution in [3.63, 3.8) is 0 Å². The largest absolute Gasteiger partial charge is 0.516 e. The number of halogens is 4. The van der Waals surface area contributed by atoms with Crippen LogP contribution in [0.5, 0.6) is 0 Å². The van der Waals surface area contributed by atoms with Crippen molar-refractivity contribution in [1.82, 2.24) is 0 Å². The summed E-state index contributed by atoms with van der Waals surface area (Å²) in [6, 6.07) is 3.63. The van der Waals surface area contributed by atoms with E-state index in [2.05, 4.69) is 9.99 Å². The molecule has 1 aromatic carbocycles. The third kappa shape index (κ3) is 3.76. The molecule has 0 aliphatic carbocycles. The Morgan fingerprint density at radius 3 is 2.50 bits per heavy atom. The summed E-state index contributed by atoms with van der Waals surface area (Å²) >= 11 is 5.73. The zero-order valence-corrected chi connectivity index (χ0v) is 11.9. The van der Waals surface area contributed by atoms with Crippen LogP contribution in [-0.2, 0) is 14.9 Å². The molecule has 0 bridgehead atoms. The number of anilines is 1. The molecule has 0 atom stereocenters. The lowest BCUT2D eigenvalue weighted by Crippen LogP contribution is -2.30. The molecule has 1 N–H and O–H groups in total. The van der Waals surface area contributed by atoms with E-state index in [9.17, 15) is 21.6 Å². The van der Waals surface area contributed by atoms with Gasteiger partial charge in [-0.25, -0.2) is 0 Å². The Bertz CT molecular complexity index is 629. The van der Waals surface area contributed by atoms with Gasteiger partial charge < -0.3 is 4.84 Å². The van der Waals surface area contributed by atoms with Crippen molar-refractivity contribution in [1.29, 1.82) is 0 Å². The molecule has 10 heteroatoms. The van der Waals surface area contributed by atoms with Crippen LogP contribution in [0.1, 0.15) is 12.5 Å². The minimum atomic E-state index is -5.52. The lowest BCUT2D eigenvalue weighted by Gasteiger charge is -2.14. The molecule has 112 valence electrons. The normalized spacial score (nSPS) is 13.2. The summed E-state index contributed by atoms with van der Waals surface area (Å²) in [7, 11) is -4.28. The minimum absolute atomic E-state index is 0.0761. The maximum Gasteiger partial charge on any atom is 0.516 e. The number of hydrogen-bond donors (Lipinski definition) is 1. The van der Waals surface area contributed by atoms with Crippen LogP contribution < -0.4 is 4.72 Å². The van der Waals surface area contributed by atoms with Gasteiger partial charge in [-0.05, 0) is 25.1 Å². The number of rotatable bonds is 4. The number of sulfonamides is 1. The van der Waals surface area contributed by atoms with Crippen LogP contribution in [0.25, 0.3) is 0 Å². The molecule has 0 aliphatic rings. The van der Waals surface area contributed by atoms with Gasteiger partial charge in [-0.1, -0.05) is 16.8 Å². The van der Waals surface area contributed by atoms with Crippen molar-refractivity contribution in [2.24, 2.45) is 5.16 Å². The molecule has 1 aromatic rings. The van der Waals surface area contributed by atoms with Gasteiger partial charge in [0, 0.05) is 10.6 Å². The van der Waals surface area contributed by atoms with Crippen molar-refractivity contribution in [2.75, 3.05) is 11.8 Å². The summed E-state index contributed by atoms with van der Waals surface area (Å²) in [6.45, 7) is 1.43. The average molecular weight is 331 g/mol. The van der Waals surface area contributed by atoms with E-state index in [1.165, 1.54) is 30.9 Å². The van der Waals surface area contributed by atoms with Gasteiger partial charge >= 0.3 is 15.5 Å². The van der Waals surface area contributed by atoms with Crippen LogP contribution >= 0.6 is 11.6 Å². The number of alkyl halides is 3. The molecule has 0 fully saturated rings. The number of nitrogens with zero attached hydrogens (tertiary/aromatic N) is 1. The van der Waals surface area contributed by atoms with E-state index in [1.54, 1.807) is 0 Å². The molecule has 1 rings (SSSR count). The molecule has 0 aliphatic heterocycles. The average Bonchev–Trinajstić information content (AvgIpc) is 2.30. The summed E-state index contributed by atoms with van der Waals surface area (Å²) in [5.74, 6) is 0. The second kappa shape index (κ2) is 5.88. The van der Waals surface area contributed by atoms with Gasteiger partial charge in [-0.15, -0.1) is 0 Å². The zero-order valence-electron chi connectivity index (χ0n) is 10.3. The van der Waals surface area contributed by atoms with E-state index < -0.39 is 15.5 Å². The van der Waals surface area contributed by atoms with Crippen molar-refractivity contribution in [3.8, 4) is 0 Å². The van der Waals surface area contributed by atoms with E-state index in [1.807, 2.05) is 0 Å². The first-order valence-electron chi connectivity index (χ1n) is 5.05. The molecule has 20 heavy (non-hydrogen) atoms. The lowest BCUT2D eigenvalue weighted by atomic mass is 10.1. The molecule has 0 heterocycles. The van der Waals surface area contributed by atoms with Crippen molar-refractivity contribution in [3.05, 3.63) is 28.8 Å². The number of nitrogens with one attached hydrogen (secondary N) is 1. The second-order valence-electron chi connectivity index (χ2n) is 3.60. The second-order valence-corrected chi connectivity index (χ2v) is 5.71. The summed E-state index contributed by atoms with van der Waals surface area (Å²) in [5, 5.41) is 3.74. The maximum absolute atomic E-state index is 12.3. The van der Waals surface area contributed by atoms with Gasteiger partial charge in [-0.3, -0.25) is 4.72 Å². The molecule has 0 radical (unpaired) electrons. The summed E-state index contributed by atoms with van der Waals surface area (Å²) < 4.78 is 60.7. The monoisotopic (exact) mass is 330 g/mol. The third-order valence-corrected chi connectivity index (χ3v) is 3.48. The number of hydrogen-bond acceptors (Lipinski definition) is 4. The fourth-order valence-electron chi connectivity index (χ4n) is 1.29. The van der Waals surface area contributed by atoms with Gasteiger partial charge in [0.15, 0.2) is 0 Å². The van der Waals surface area contributed by atoms with Gasteiger partial charge in [0.05, 0.1) is 11.4 Å². The first-order chi connectivity index (χ1) is 9.08. The summed E-state index contributed by atoms with van der Waals surface area (Å²) in [4.78, 5) is 4.50. The fraction of sp³-hybridized carbons (Fsp3) is 0.300. The predicted molar refractivity (Wildman–Crippen MR) is 69.3 cm³/mol. The van der Waals surface area contributed by atoms with Crippen molar-refractivity contribution >= 4 is 33.0 Å². The van der Waals surface area contributed by atoms with Gasteiger partial charge in [0.25, 0.3) is 0 Å². The van der Waals surface area contributed by atoms with Crippen LogP contribution in [0.3, 0.4) is 0 Å². The Morgan fingerprint density at radius 2 is 2.00 bits per heavy atom. The van der Waals surface area contributed by atoms with Crippen LogP contribution in [0.4, 0.5) is 18.9 Å². The Kier molecular flexibility index (Phi) is 4.87. The highest BCUT2D eigenvalue weighted by Gasteiger charge is 2.46. The van der Waals surface area contributed by atoms with Gasteiger partial charge in [0.2, 0.25) is 0 Å². The SMILES string of the molecule is CON=C(C)c1cc(Cl)ccc1NS(=O)(=O)C(F)(F)F. The van der Waals surface area contributed by atoms with E-state index in [0.717, 1.165) is 6.07 Å². The third-order valence-electron chi connectivity index (χ3n) is 2.15. The lowest BCUT2D eigenvalue weighted by molar-refractivity contribution is -0.0429. The van der Waals surface area contributed by atoms with E-state index in [0.29, 0.717) is 0 Å². The Balaban J connectivity index is 3.30. The van der Waals surface area contributed by atoms with Crippen LogP contribution in [0.15, 0.2) is 23.4 Å². The number of benzene rings is 1. The highest BCUT2D eigenvalue weighted by molar-refractivity contribution is 7.93. The quantitative estimate of drug-likeness (QED) is 0.681. The zero-order chi connectivity index (χ0) is 15.6. The summed E-state index contributed by atoms with van der Waals surface area (Å²) in [6.07, 6.45) is 0. The van der Waals surface area contributed by atoms with Crippen LogP contribution in [0.2, 0.25) is 5.02 Å². The maximum atomic E-state index is 12.3. The molecule has 5 nitrogen and oxygen atoms in total. The predicted octanol–water partition coefficient (Wildman–Crippen LogP) is 2.97.